The van der Waals surface area contributed by atoms with E-state index in [1.165, 1.54) is 24.0 Å². The maximum atomic E-state index is 6.03. The molecule has 3 N–H and O–H groups in total. The van der Waals surface area contributed by atoms with Gasteiger partial charge in [0.05, 0.1) is 6.54 Å². The van der Waals surface area contributed by atoms with Crippen molar-refractivity contribution in [3.63, 3.8) is 0 Å². The zero-order valence-electron chi connectivity index (χ0n) is 15.1. The van der Waals surface area contributed by atoms with Crippen LogP contribution in [0.4, 0.5) is 11.5 Å². The Kier molecular flexibility index (Phi) is 5.53. The molecule has 1 heterocycles. The molecule has 5 nitrogen and oxygen atoms in total. The van der Waals surface area contributed by atoms with Gasteiger partial charge in [-0.3, -0.25) is 0 Å². The van der Waals surface area contributed by atoms with E-state index in [4.69, 9.17) is 5.73 Å². The Labute approximate surface area is 150 Å². The van der Waals surface area contributed by atoms with E-state index >= 15 is 0 Å². The van der Waals surface area contributed by atoms with Crippen LogP contribution in [-0.2, 0) is 19.4 Å². The number of benzene rings is 1. The van der Waals surface area contributed by atoms with E-state index in [-0.39, 0.29) is 0 Å². The first-order valence-electron chi connectivity index (χ1n) is 9.08. The SMILES string of the molecule is CCN(CC)c1ccc(CN=C(N)Nc2ccc3c(c2)CCC3)cn1. The predicted octanol–water partition coefficient (Wildman–Crippen LogP) is 3.34. The van der Waals surface area contributed by atoms with Crippen molar-refractivity contribution in [2.24, 2.45) is 10.7 Å². The summed E-state index contributed by atoms with van der Waals surface area (Å²) in [5, 5.41) is 3.19. The summed E-state index contributed by atoms with van der Waals surface area (Å²) in [6.45, 7) is 6.70. The molecule has 1 aromatic carbocycles. The molecule has 0 saturated heterocycles. The standard InChI is InChI=1S/C20H27N5/c1-3-25(4-2)19-11-8-15(13-22-19)14-23-20(21)24-18-10-9-16-6-5-7-17(16)12-18/h8-13H,3-7,14H2,1-2H3,(H3,21,23,24). The molecular formula is C20H27N5. The van der Waals surface area contributed by atoms with Gasteiger partial charge in [-0.05, 0) is 68.0 Å². The molecule has 0 saturated carbocycles. The first-order valence-corrected chi connectivity index (χ1v) is 9.08. The van der Waals surface area contributed by atoms with Gasteiger partial charge in [-0.15, -0.1) is 0 Å². The number of pyridine rings is 1. The minimum atomic E-state index is 0.436. The molecule has 0 radical (unpaired) electrons. The monoisotopic (exact) mass is 337 g/mol. The second-order valence-corrected chi connectivity index (χ2v) is 6.36. The van der Waals surface area contributed by atoms with Crippen LogP contribution in [0.5, 0.6) is 0 Å². The summed E-state index contributed by atoms with van der Waals surface area (Å²) in [6, 6.07) is 10.6. The minimum Gasteiger partial charge on any atom is -0.370 e. The van der Waals surface area contributed by atoms with E-state index in [2.05, 4.69) is 58.3 Å². The number of nitrogens with zero attached hydrogens (tertiary/aromatic N) is 3. The van der Waals surface area contributed by atoms with Crippen molar-refractivity contribution in [2.45, 2.75) is 39.7 Å². The average molecular weight is 337 g/mol. The largest absolute Gasteiger partial charge is 0.370 e. The quantitative estimate of drug-likeness (QED) is 0.627. The summed E-state index contributed by atoms with van der Waals surface area (Å²) in [7, 11) is 0. The van der Waals surface area contributed by atoms with Crippen molar-refractivity contribution < 1.29 is 0 Å². The maximum Gasteiger partial charge on any atom is 0.193 e. The molecule has 1 aromatic heterocycles. The van der Waals surface area contributed by atoms with Crippen LogP contribution in [0.25, 0.3) is 0 Å². The molecule has 0 atom stereocenters. The topological polar surface area (TPSA) is 66.5 Å². The van der Waals surface area contributed by atoms with Gasteiger partial charge in [-0.25, -0.2) is 9.98 Å². The van der Waals surface area contributed by atoms with E-state index in [0.717, 1.165) is 36.6 Å². The number of nitrogens with one attached hydrogen (secondary N) is 1. The van der Waals surface area contributed by atoms with E-state index in [9.17, 15) is 0 Å². The number of aliphatic imine (C=N–C) groups is 1. The predicted molar refractivity (Wildman–Crippen MR) is 105 cm³/mol. The lowest BCUT2D eigenvalue weighted by atomic mass is 10.1. The zero-order chi connectivity index (χ0) is 17.6. The number of hydrogen-bond acceptors (Lipinski definition) is 3. The third-order valence-corrected chi connectivity index (χ3v) is 4.70. The first kappa shape index (κ1) is 17.3. The maximum absolute atomic E-state index is 6.03. The van der Waals surface area contributed by atoms with Crippen LogP contribution in [0.15, 0.2) is 41.5 Å². The molecule has 132 valence electrons. The van der Waals surface area contributed by atoms with Gasteiger partial charge in [0.1, 0.15) is 5.82 Å². The molecule has 5 heteroatoms. The molecule has 0 spiro atoms. The normalized spacial score (nSPS) is 13.6. The van der Waals surface area contributed by atoms with Crippen molar-refractivity contribution in [2.75, 3.05) is 23.3 Å². The summed E-state index contributed by atoms with van der Waals surface area (Å²) in [6.07, 6.45) is 5.47. The molecular weight excluding hydrogens is 310 g/mol. The average Bonchev–Trinajstić information content (AvgIpc) is 3.10. The van der Waals surface area contributed by atoms with Gasteiger partial charge >= 0.3 is 0 Å². The first-order chi connectivity index (χ1) is 12.2. The number of guanidine groups is 1. The summed E-state index contributed by atoms with van der Waals surface area (Å²) in [5.74, 6) is 1.44. The molecule has 0 bridgehead atoms. The van der Waals surface area contributed by atoms with Gasteiger partial charge in [-0.1, -0.05) is 12.1 Å². The van der Waals surface area contributed by atoms with E-state index in [0.29, 0.717) is 12.5 Å². The second kappa shape index (κ2) is 8.01. The second-order valence-electron chi connectivity index (χ2n) is 6.36. The Morgan fingerprint density at radius 3 is 2.68 bits per heavy atom. The Bertz CT molecular complexity index is 732. The summed E-state index contributed by atoms with van der Waals surface area (Å²) >= 11 is 0. The van der Waals surface area contributed by atoms with Gasteiger partial charge < -0.3 is 16.0 Å². The van der Waals surface area contributed by atoms with Crippen LogP contribution in [0.1, 0.15) is 37.0 Å². The minimum absolute atomic E-state index is 0.436. The van der Waals surface area contributed by atoms with Gasteiger partial charge in [0.15, 0.2) is 5.96 Å². The van der Waals surface area contributed by atoms with Crippen LogP contribution < -0.4 is 16.0 Å². The highest BCUT2D eigenvalue weighted by Crippen LogP contribution is 2.24. The van der Waals surface area contributed by atoms with Crippen molar-refractivity contribution >= 4 is 17.5 Å². The summed E-state index contributed by atoms with van der Waals surface area (Å²) in [5.41, 5.74) is 11.0. The number of aromatic nitrogens is 1. The number of anilines is 2. The lowest BCUT2D eigenvalue weighted by Gasteiger charge is -2.19. The molecule has 0 aliphatic heterocycles. The number of aryl methyl sites for hydroxylation is 2. The van der Waals surface area contributed by atoms with Crippen molar-refractivity contribution in [3.05, 3.63) is 53.2 Å². The Balaban J connectivity index is 1.59. The highest BCUT2D eigenvalue weighted by molar-refractivity contribution is 5.92. The van der Waals surface area contributed by atoms with E-state index < -0.39 is 0 Å². The lowest BCUT2D eigenvalue weighted by Crippen LogP contribution is -2.23. The van der Waals surface area contributed by atoms with E-state index in [1.54, 1.807) is 0 Å². The van der Waals surface area contributed by atoms with Crippen molar-refractivity contribution in [1.29, 1.82) is 0 Å². The fraction of sp³-hybridized carbons (Fsp3) is 0.400. The lowest BCUT2D eigenvalue weighted by molar-refractivity contribution is 0.843. The van der Waals surface area contributed by atoms with Crippen LogP contribution in [0.2, 0.25) is 0 Å². The Hall–Kier alpha value is -2.56. The molecule has 1 aliphatic rings. The summed E-state index contributed by atoms with van der Waals surface area (Å²) < 4.78 is 0. The van der Waals surface area contributed by atoms with Gasteiger partial charge in [0.2, 0.25) is 0 Å². The van der Waals surface area contributed by atoms with Gasteiger partial charge in [0, 0.05) is 25.0 Å². The fourth-order valence-corrected chi connectivity index (χ4v) is 3.26. The molecule has 3 rings (SSSR count). The van der Waals surface area contributed by atoms with Crippen LogP contribution >= 0.6 is 0 Å². The number of hydrogen-bond donors (Lipinski definition) is 2. The number of rotatable bonds is 6. The Morgan fingerprint density at radius 1 is 1.16 bits per heavy atom. The van der Waals surface area contributed by atoms with Crippen molar-refractivity contribution in [3.8, 4) is 0 Å². The third kappa shape index (κ3) is 4.29. The molecule has 25 heavy (non-hydrogen) atoms. The van der Waals surface area contributed by atoms with Crippen LogP contribution in [0, 0.1) is 0 Å². The van der Waals surface area contributed by atoms with Gasteiger partial charge in [-0.2, -0.15) is 0 Å². The summed E-state index contributed by atoms with van der Waals surface area (Å²) in [4.78, 5) is 11.2. The van der Waals surface area contributed by atoms with Gasteiger partial charge in [0.25, 0.3) is 0 Å². The van der Waals surface area contributed by atoms with Crippen LogP contribution in [-0.4, -0.2) is 24.0 Å². The molecule has 2 aromatic rings. The van der Waals surface area contributed by atoms with Crippen molar-refractivity contribution in [1.82, 2.24) is 4.98 Å². The molecule has 1 aliphatic carbocycles. The molecule has 0 fully saturated rings. The van der Waals surface area contributed by atoms with Crippen LogP contribution in [0.3, 0.4) is 0 Å². The third-order valence-electron chi connectivity index (χ3n) is 4.70. The molecule has 0 amide bonds. The fourth-order valence-electron chi connectivity index (χ4n) is 3.26. The highest BCUT2D eigenvalue weighted by Gasteiger charge is 2.10. The Morgan fingerprint density at radius 2 is 1.96 bits per heavy atom. The highest BCUT2D eigenvalue weighted by atomic mass is 15.2. The van der Waals surface area contributed by atoms with E-state index in [1.807, 2.05) is 12.3 Å². The number of nitrogens with two attached hydrogens (primary N) is 1. The smallest absolute Gasteiger partial charge is 0.193 e. The number of fused-ring (bicyclic) bond motifs is 1. The molecule has 0 unspecified atom stereocenters. The zero-order valence-corrected chi connectivity index (χ0v) is 15.1.